The molecule has 0 heterocycles. The summed E-state index contributed by atoms with van der Waals surface area (Å²) in [6.45, 7) is 0.687. The van der Waals surface area contributed by atoms with Crippen LogP contribution in [0.2, 0.25) is 0 Å². The molecular weight excluding hydrogens is 216 g/mol. The topological polar surface area (TPSA) is 38.7 Å². The predicted octanol–water partition coefficient (Wildman–Crippen LogP) is 1.68. The monoisotopic (exact) mass is 230 g/mol. The minimum absolute atomic E-state index is 0.0658. The molecule has 3 nitrogen and oxygen atoms in total. The number of hydrogen-bond donors (Lipinski definition) is 1. The third-order valence-corrected chi connectivity index (χ3v) is 1.97. The average molecular weight is 231 g/mol. The first kappa shape index (κ1) is 12.3. The van der Waals surface area contributed by atoms with Crippen molar-refractivity contribution < 1.29 is 14.6 Å². The fraction of sp³-hybridized carbons (Fsp3) is 0.455. The molecule has 0 spiro atoms. The van der Waals surface area contributed by atoms with Crippen molar-refractivity contribution in [3.8, 4) is 5.75 Å². The molecule has 0 bridgehead atoms. The second-order valence-electron chi connectivity index (χ2n) is 2.99. The largest absolute Gasteiger partial charge is 0.491 e. The number of aliphatic hydroxyl groups is 1. The Morgan fingerprint density at radius 1 is 1.27 bits per heavy atom. The summed E-state index contributed by atoms with van der Waals surface area (Å²) in [5.74, 6) is 1.19. The molecule has 0 aliphatic rings. The normalized spacial score (nSPS) is 12.4. The summed E-state index contributed by atoms with van der Waals surface area (Å²) in [5.41, 5.74) is 0. The Kier molecular flexibility index (Phi) is 6.16. The summed E-state index contributed by atoms with van der Waals surface area (Å²) < 4.78 is 10.7. The van der Waals surface area contributed by atoms with Crippen LogP contribution in [-0.2, 0) is 4.74 Å². The first-order valence-electron chi connectivity index (χ1n) is 4.83. The molecule has 0 saturated heterocycles. The van der Waals surface area contributed by atoms with Crippen LogP contribution in [-0.4, -0.2) is 36.9 Å². The Labute approximate surface area is 94.6 Å². The van der Waals surface area contributed by atoms with E-state index < -0.39 is 0 Å². The van der Waals surface area contributed by atoms with E-state index >= 15 is 0 Å². The van der Waals surface area contributed by atoms with Crippen LogP contribution < -0.4 is 4.74 Å². The van der Waals surface area contributed by atoms with E-state index in [2.05, 4.69) is 0 Å². The highest BCUT2D eigenvalue weighted by atomic mass is 35.5. The zero-order valence-electron chi connectivity index (χ0n) is 8.43. The number of hydrogen-bond acceptors (Lipinski definition) is 3. The molecule has 0 aliphatic heterocycles. The number of alkyl halides is 1. The number of rotatable bonds is 7. The Morgan fingerprint density at radius 2 is 2.00 bits per heavy atom. The number of para-hydroxylation sites is 1. The molecule has 0 amide bonds. The van der Waals surface area contributed by atoms with Crippen molar-refractivity contribution in [2.24, 2.45) is 0 Å². The second-order valence-corrected chi connectivity index (χ2v) is 3.37. The summed E-state index contributed by atoms with van der Waals surface area (Å²) in [6.07, 6.45) is -0.316. The van der Waals surface area contributed by atoms with Gasteiger partial charge in [-0.25, -0.2) is 0 Å². The molecule has 0 aromatic heterocycles. The van der Waals surface area contributed by atoms with Gasteiger partial charge in [-0.15, -0.1) is 11.6 Å². The van der Waals surface area contributed by atoms with E-state index in [4.69, 9.17) is 26.2 Å². The number of ether oxygens (including phenoxy) is 2. The average Bonchev–Trinajstić information content (AvgIpc) is 2.31. The molecule has 0 fully saturated rings. The van der Waals surface area contributed by atoms with Gasteiger partial charge in [0.15, 0.2) is 0 Å². The molecule has 1 atom stereocenters. The molecule has 1 unspecified atom stereocenters. The zero-order chi connectivity index (χ0) is 10.9. The highest BCUT2D eigenvalue weighted by Crippen LogP contribution is 2.09. The van der Waals surface area contributed by atoms with Crippen molar-refractivity contribution in [2.45, 2.75) is 6.10 Å². The maximum atomic E-state index is 8.98. The zero-order valence-corrected chi connectivity index (χ0v) is 9.19. The lowest BCUT2D eigenvalue weighted by molar-refractivity contribution is -0.00676. The summed E-state index contributed by atoms with van der Waals surface area (Å²) in [4.78, 5) is 0. The Bertz CT molecular complexity index is 253. The lowest BCUT2D eigenvalue weighted by atomic mass is 10.3. The molecule has 84 valence electrons. The quantitative estimate of drug-likeness (QED) is 0.725. The minimum Gasteiger partial charge on any atom is -0.491 e. The fourth-order valence-electron chi connectivity index (χ4n) is 1.07. The van der Waals surface area contributed by atoms with E-state index in [1.165, 1.54) is 0 Å². The van der Waals surface area contributed by atoms with E-state index in [0.29, 0.717) is 19.1 Å². The molecule has 1 aromatic carbocycles. The molecule has 0 radical (unpaired) electrons. The number of aliphatic hydroxyl groups excluding tert-OH is 1. The maximum absolute atomic E-state index is 8.98. The third kappa shape index (κ3) is 5.02. The van der Waals surface area contributed by atoms with Crippen LogP contribution in [0.3, 0.4) is 0 Å². The van der Waals surface area contributed by atoms with E-state index in [9.17, 15) is 0 Å². The van der Waals surface area contributed by atoms with Gasteiger partial charge >= 0.3 is 0 Å². The van der Waals surface area contributed by atoms with Crippen molar-refractivity contribution >= 4 is 11.6 Å². The molecular formula is C11H15ClO3. The molecule has 0 aliphatic carbocycles. The van der Waals surface area contributed by atoms with E-state index in [1.54, 1.807) is 0 Å². The SMILES string of the molecule is OCC(COc1ccccc1)OCCCl. The molecule has 1 N–H and O–H groups in total. The van der Waals surface area contributed by atoms with E-state index in [-0.39, 0.29) is 12.7 Å². The van der Waals surface area contributed by atoms with Crippen LogP contribution in [0.5, 0.6) is 5.75 Å². The van der Waals surface area contributed by atoms with Crippen molar-refractivity contribution in [1.82, 2.24) is 0 Å². The van der Waals surface area contributed by atoms with Crippen molar-refractivity contribution in [3.05, 3.63) is 30.3 Å². The lowest BCUT2D eigenvalue weighted by Crippen LogP contribution is -2.26. The highest BCUT2D eigenvalue weighted by Gasteiger charge is 2.07. The Balaban J connectivity index is 2.28. The smallest absolute Gasteiger partial charge is 0.119 e. The van der Waals surface area contributed by atoms with Crippen LogP contribution in [0.15, 0.2) is 30.3 Å². The van der Waals surface area contributed by atoms with Crippen molar-refractivity contribution in [1.29, 1.82) is 0 Å². The van der Waals surface area contributed by atoms with Gasteiger partial charge in [0.25, 0.3) is 0 Å². The molecule has 1 aromatic rings. The Hall–Kier alpha value is -0.770. The maximum Gasteiger partial charge on any atom is 0.119 e. The van der Waals surface area contributed by atoms with Gasteiger partial charge < -0.3 is 14.6 Å². The van der Waals surface area contributed by atoms with Crippen LogP contribution in [0.4, 0.5) is 0 Å². The standard InChI is InChI=1S/C11H15ClO3/c12-6-7-14-11(8-13)9-15-10-4-2-1-3-5-10/h1-5,11,13H,6-9H2. The summed E-state index contributed by atoms with van der Waals surface area (Å²) in [6, 6.07) is 9.41. The first-order valence-corrected chi connectivity index (χ1v) is 5.36. The van der Waals surface area contributed by atoms with Gasteiger partial charge in [-0.1, -0.05) is 18.2 Å². The first-order chi connectivity index (χ1) is 7.36. The van der Waals surface area contributed by atoms with E-state index in [0.717, 1.165) is 5.75 Å². The molecule has 15 heavy (non-hydrogen) atoms. The molecule has 1 rings (SSSR count). The number of benzene rings is 1. The van der Waals surface area contributed by atoms with Gasteiger partial charge in [0.1, 0.15) is 18.5 Å². The van der Waals surface area contributed by atoms with Gasteiger partial charge in [-0.05, 0) is 12.1 Å². The van der Waals surface area contributed by atoms with Crippen molar-refractivity contribution in [2.75, 3.05) is 25.7 Å². The van der Waals surface area contributed by atoms with Gasteiger partial charge in [0.2, 0.25) is 0 Å². The minimum atomic E-state index is -0.316. The highest BCUT2D eigenvalue weighted by molar-refractivity contribution is 6.17. The van der Waals surface area contributed by atoms with Gasteiger partial charge in [0, 0.05) is 5.88 Å². The summed E-state index contributed by atoms with van der Waals surface area (Å²) in [5, 5.41) is 8.98. The fourth-order valence-corrected chi connectivity index (χ4v) is 1.16. The third-order valence-electron chi connectivity index (χ3n) is 1.81. The van der Waals surface area contributed by atoms with Crippen LogP contribution in [0, 0.1) is 0 Å². The lowest BCUT2D eigenvalue weighted by Gasteiger charge is -2.15. The number of halogens is 1. The molecule has 0 saturated carbocycles. The summed E-state index contributed by atoms with van der Waals surface area (Å²) in [7, 11) is 0. The predicted molar refractivity (Wildman–Crippen MR) is 59.5 cm³/mol. The van der Waals surface area contributed by atoms with Gasteiger partial charge in [-0.2, -0.15) is 0 Å². The van der Waals surface area contributed by atoms with E-state index in [1.807, 2.05) is 30.3 Å². The van der Waals surface area contributed by atoms with Crippen LogP contribution in [0.25, 0.3) is 0 Å². The van der Waals surface area contributed by atoms with Crippen LogP contribution >= 0.6 is 11.6 Å². The van der Waals surface area contributed by atoms with Crippen molar-refractivity contribution in [3.63, 3.8) is 0 Å². The molecule has 4 heteroatoms. The Morgan fingerprint density at radius 3 is 2.60 bits per heavy atom. The second kappa shape index (κ2) is 7.51. The van der Waals surface area contributed by atoms with Gasteiger partial charge in [0.05, 0.1) is 13.2 Å². The van der Waals surface area contributed by atoms with Crippen LogP contribution in [0.1, 0.15) is 0 Å². The summed E-state index contributed by atoms with van der Waals surface area (Å²) >= 11 is 5.47. The van der Waals surface area contributed by atoms with Gasteiger partial charge in [-0.3, -0.25) is 0 Å².